The molecule has 0 fully saturated rings. The van der Waals surface area contributed by atoms with E-state index in [9.17, 15) is 20.2 Å². The summed E-state index contributed by atoms with van der Waals surface area (Å²) in [5.41, 5.74) is 17.8. The fourth-order valence-corrected chi connectivity index (χ4v) is 4.34. The second-order valence-electron chi connectivity index (χ2n) is 8.92. The van der Waals surface area contributed by atoms with Crippen molar-refractivity contribution < 1.29 is 9.85 Å². The van der Waals surface area contributed by atoms with Gasteiger partial charge in [-0.3, -0.25) is 20.2 Å². The lowest BCUT2D eigenvalue weighted by Gasteiger charge is -2.28. The highest BCUT2D eigenvalue weighted by Crippen LogP contribution is 2.40. The van der Waals surface area contributed by atoms with Crippen molar-refractivity contribution in [2.75, 3.05) is 21.3 Å². The standard InChI is InChI=1S/C30H24N6O4/c31-21-1-5-23(6-2-21)33(24-7-3-22(32)4-8-24)25-9-11-26(12-10-25)34(27-13-17-29(18-14-27)35(37)38)28-15-19-30(20-16-28)36(39)40/h1-20H,31-32H2. The average Bonchev–Trinajstić information content (AvgIpc) is 2.97. The van der Waals surface area contributed by atoms with Gasteiger partial charge in [-0.1, -0.05) is 0 Å². The van der Waals surface area contributed by atoms with E-state index in [0.29, 0.717) is 22.7 Å². The van der Waals surface area contributed by atoms with Crippen LogP contribution in [0.3, 0.4) is 0 Å². The zero-order valence-corrected chi connectivity index (χ0v) is 21.1. The number of benzene rings is 5. The highest BCUT2D eigenvalue weighted by molar-refractivity contribution is 5.82. The van der Waals surface area contributed by atoms with E-state index in [1.165, 1.54) is 24.3 Å². The molecule has 0 aromatic heterocycles. The highest BCUT2D eigenvalue weighted by atomic mass is 16.6. The molecule has 0 saturated carbocycles. The lowest BCUT2D eigenvalue weighted by molar-refractivity contribution is -0.385. The fraction of sp³-hybridized carbons (Fsp3) is 0. The molecule has 0 atom stereocenters. The molecule has 0 bridgehead atoms. The van der Waals surface area contributed by atoms with Crippen molar-refractivity contribution in [1.82, 2.24) is 0 Å². The molecule has 40 heavy (non-hydrogen) atoms. The summed E-state index contributed by atoms with van der Waals surface area (Å²) >= 11 is 0. The molecule has 10 nitrogen and oxygen atoms in total. The molecule has 5 rings (SSSR count). The maximum absolute atomic E-state index is 11.2. The molecule has 0 heterocycles. The van der Waals surface area contributed by atoms with E-state index in [1.807, 2.05) is 77.7 Å². The second kappa shape index (κ2) is 10.8. The van der Waals surface area contributed by atoms with Crippen LogP contribution in [0.4, 0.5) is 56.9 Å². The number of nitro groups is 2. The van der Waals surface area contributed by atoms with Crippen LogP contribution in [0.2, 0.25) is 0 Å². The Bertz CT molecular complexity index is 1540. The number of nitrogens with two attached hydrogens (primary N) is 2. The Morgan fingerprint density at radius 1 is 0.400 bits per heavy atom. The monoisotopic (exact) mass is 532 g/mol. The summed E-state index contributed by atoms with van der Waals surface area (Å²) in [5, 5.41) is 22.4. The Labute approximate surface area is 229 Å². The zero-order valence-electron chi connectivity index (χ0n) is 21.1. The molecule has 5 aromatic carbocycles. The van der Waals surface area contributed by atoms with E-state index in [-0.39, 0.29) is 11.4 Å². The van der Waals surface area contributed by atoms with E-state index < -0.39 is 9.85 Å². The molecule has 4 N–H and O–H groups in total. The van der Waals surface area contributed by atoms with Crippen molar-refractivity contribution in [3.8, 4) is 0 Å². The number of nitro benzene ring substituents is 2. The van der Waals surface area contributed by atoms with Gasteiger partial charge in [0.25, 0.3) is 11.4 Å². The molecule has 0 radical (unpaired) electrons. The van der Waals surface area contributed by atoms with Crippen LogP contribution >= 0.6 is 0 Å². The molecule has 0 aliphatic rings. The first-order valence-electron chi connectivity index (χ1n) is 12.2. The predicted molar refractivity (Wildman–Crippen MR) is 158 cm³/mol. The van der Waals surface area contributed by atoms with Crippen LogP contribution in [0.25, 0.3) is 0 Å². The van der Waals surface area contributed by atoms with Crippen LogP contribution in [-0.2, 0) is 0 Å². The Kier molecular flexibility index (Phi) is 6.97. The number of nitrogen functional groups attached to an aromatic ring is 2. The van der Waals surface area contributed by atoms with Gasteiger partial charge in [-0.2, -0.15) is 0 Å². The Morgan fingerprint density at radius 2 is 0.600 bits per heavy atom. The predicted octanol–water partition coefficient (Wildman–Crippen LogP) is 7.61. The van der Waals surface area contributed by atoms with Crippen molar-refractivity contribution in [2.24, 2.45) is 0 Å². The maximum atomic E-state index is 11.2. The smallest absolute Gasteiger partial charge is 0.269 e. The molecule has 10 heteroatoms. The van der Waals surface area contributed by atoms with Gasteiger partial charge in [-0.15, -0.1) is 0 Å². The van der Waals surface area contributed by atoms with Gasteiger partial charge < -0.3 is 21.3 Å². The summed E-state index contributed by atoms with van der Waals surface area (Å²) in [7, 11) is 0. The van der Waals surface area contributed by atoms with Gasteiger partial charge in [0.2, 0.25) is 0 Å². The van der Waals surface area contributed by atoms with E-state index >= 15 is 0 Å². The summed E-state index contributed by atoms with van der Waals surface area (Å²) in [6.45, 7) is 0. The Hall–Kier alpha value is -5.90. The molecular formula is C30H24N6O4. The number of hydrogen-bond acceptors (Lipinski definition) is 8. The summed E-state index contributed by atoms with van der Waals surface area (Å²) in [5.74, 6) is 0. The molecule has 0 unspecified atom stereocenters. The lowest BCUT2D eigenvalue weighted by atomic mass is 10.1. The lowest BCUT2D eigenvalue weighted by Crippen LogP contribution is -2.12. The number of nitrogens with zero attached hydrogens (tertiary/aromatic N) is 4. The normalized spacial score (nSPS) is 10.6. The van der Waals surface area contributed by atoms with Crippen molar-refractivity contribution in [1.29, 1.82) is 0 Å². The minimum atomic E-state index is -0.461. The van der Waals surface area contributed by atoms with Gasteiger partial charge in [0.1, 0.15) is 0 Å². The van der Waals surface area contributed by atoms with Crippen LogP contribution < -0.4 is 21.3 Å². The summed E-state index contributed by atoms with van der Waals surface area (Å²) in [6, 6.07) is 35.0. The van der Waals surface area contributed by atoms with Gasteiger partial charge in [0.15, 0.2) is 0 Å². The van der Waals surface area contributed by atoms with Crippen LogP contribution in [0, 0.1) is 20.2 Å². The van der Waals surface area contributed by atoms with Crippen LogP contribution in [0.5, 0.6) is 0 Å². The number of rotatable bonds is 8. The van der Waals surface area contributed by atoms with Crippen molar-refractivity contribution in [3.05, 3.63) is 142 Å². The Balaban J connectivity index is 1.58. The summed E-state index contributed by atoms with van der Waals surface area (Å²) in [6.07, 6.45) is 0. The van der Waals surface area contributed by atoms with E-state index in [4.69, 9.17) is 11.5 Å². The number of non-ortho nitro benzene ring substituents is 2. The van der Waals surface area contributed by atoms with Gasteiger partial charge in [-0.25, -0.2) is 0 Å². The quantitative estimate of drug-likeness (QED) is 0.118. The first-order valence-corrected chi connectivity index (χ1v) is 12.2. The van der Waals surface area contributed by atoms with E-state index in [0.717, 1.165) is 22.7 Å². The summed E-state index contributed by atoms with van der Waals surface area (Å²) in [4.78, 5) is 25.4. The molecular weight excluding hydrogens is 508 g/mol. The Morgan fingerprint density at radius 3 is 0.825 bits per heavy atom. The molecule has 0 aliphatic heterocycles. The number of anilines is 8. The maximum Gasteiger partial charge on any atom is 0.269 e. The molecule has 0 spiro atoms. The van der Waals surface area contributed by atoms with E-state index in [1.54, 1.807) is 24.3 Å². The van der Waals surface area contributed by atoms with E-state index in [2.05, 4.69) is 4.90 Å². The molecule has 0 amide bonds. The van der Waals surface area contributed by atoms with Crippen LogP contribution in [0.1, 0.15) is 0 Å². The SMILES string of the molecule is Nc1ccc(N(c2ccc(N)cc2)c2ccc(N(c3ccc([N+](=O)[O-])cc3)c3ccc([N+](=O)[O-])cc3)cc2)cc1. The van der Waals surface area contributed by atoms with Crippen LogP contribution in [-0.4, -0.2) is 9.85 Å². The van der Waals surface area contributed by atoms with Crippen LogP contribution in [0.15, 0.2) is 121 Å². The molecule has 5 aromatic rings. The van der Waals surface area contributed by atoms with Crippen molar-refractivity contribution in [2.45, 2.75) is 0 Å². The average molecular weight is 533 g/mol. The minimum Gasteiger partial charge on any atom is -0.399 e. The van der Waals surface area contributed by atoms with Gasteiger partial charge in [0, 0.05) is 69.8 Å². The molecule has 0 aliphatic carbocycles. The first-order chi connectivity index (χ1) is 19.3. The van der Waals surface area contributed by atoms with Crippen molar-refractivity contribution >= 4 is 56.9 Å². The largest absolute Gasteiger partial charge is 0.399 e. The van der Waals surface area contributed by atoms with Gasteiger partial charge >= 0.3 is 0 Å². The number of hydrogen-bond donors (Lipinski definition) is 2. The summed E-state index contributed by atoms with van der Waals surface area (Å²) < 4.78 is 0. The third-order valence-electron chi connectivity index (χ3n) is 6.31. The third-order valence-corrected chi connectivity index (χ3v) is 6.31. The zero-order chi connectivity index (χ0) is 28.2. The molecule has 0 saturated heterocycles. The second-order valence-corrected chi connectivity index (χ2v) is 8.92. The highest BCUT2D eigenvalue weighted by Gasteiger charge is 2.18. The van der Waals surface area contributed by atoms with Gasteiger partial charge in [0.05, 0.1) is 9.85 Å². The topological polar surface area (TPSA) is 145 Å². The van der Waals surface area contributed by atoms with Gasteiger partial charge in [-0.05, 0) is 97.1 Å². The van der Waals surface area contributed by atoms with Crippen molar-refractivity contribution in [3.63, 3.8) is 0 Å². The minimum absolute atomic E-state index is 0.0367. The fourth-order valence-electron chi connectivity index (χ4n) is 4.34. The molecule has 198 valence electrons. The third kappa shape index (κ3) is 5.36. The first kappa shape index (κ1) is 25.7.